The van der Waals surface area contributed by atoms with Crippen LogP contribution in [0.3, 0.4) is 0 Å². The summed E-state index contributed by atoms with van der Waals surface area (Å²) in [7, 11) is -4.08. The maximum Gasteiger partial charge on any atom is 0.292 e. The largest absolute Gasteiger partial charge is 0.378 e. The molecular formula is C14H14N4O6S. The third-order valence-electron chi connectivity index (χ3n) is 3.18. The molecular weight excluding hydrogens is 352 g/mol. The second-order valence-electron chi connectivity index (χ2n) is 4.82. The van der Waals surface area contributed by atoms with Crippen LogP contribution in [-0.4, -0.2) is 31.4 Å². The molecule has 2 aromatic rings. The molecule has 0 aromatic heterocycles. The van der Waals surface area contributed by atoms with Gasteiger partial charge in [0.2, 0.25) is 10.0 Å². The molecule has 10 nitrogen and oxygen atoms in total. The molecule has 0 heterocycles. The van der Waals surface area contributed by atoms with Gasteiger partial charge in [-0.3, -0.25) is 20.2 Å². The number of nitro benzene ring substituents is 2. The van der Waals surface area contributed by atoms with Crippen molar-refractivity contribution in [3.8, 4) is 0 Å². The normalized spacial score (nSPS) is 11.0. The SMILES string of the molecule is O=[N+]([O-])c1ccccc1NCCNS(=O)(=O)c1ccccc1[N+](=O)[O-]. The van der Waals surface area contributed by atoms with Crippen molar-refractivity contribution in [2.45, 2.75) is 4.90 Å². The lowest BCUT2D eigenvalue weighted by Gasteiger charge is -2.09. The van der Waals surface area contributed by atoms with E-state index >= 15 is 0 Å². The number of para-hydroxylation sites is 3. The fourth-order valence-corrected chi connectivity index (χ4v) is 3.28. The van der Waals surface area contributed by atoms with Gasteiger partial charge in [0.1, 0.15) is 5.69 Å². The van der Waals surface area contributed by atoms with E-state index in [9.17, 15) is 28.6 Å². The van der Waals surface area contributed by atoms with Crippen LogP contribution in [0, 0.1) is 20.2 Å². The summed E-state index contributed by atoms with van der Waals surface area (Å²) in [6, 6.07) is 10.9. The van der Waals surface area contributed by atoms with Gasteiger partial charge in [0, 0.05) is 25.2 Å². The van der Waals surface area contributed by atoms with E-state index in [-0.39, 0.29) is 24.5 Å². The molecule has 0 fully saturated rings. The number of hydrogen-bond acceptors (Lipinski definition) is 7. The molecule has 2 N–H and O–H groups in total. The van der Waals surface area contributed by atoms with E-state index in [4.69, 9.17) is 0 Å². The van der Waals surface area contributed by atoms with E-state index in [1.165, 1.54) is 30.3 Å². The fourth-order valence-electron chi connectivity index (χ4n) is 2.08. The van der Waals surface area contributed by atoms with Crippen LogP contribution in [0.4, 0.5) is 17.1 Å². The molecule has 0 radical (unpaired) electrons. The Hall–Kier alpha value is -3.05. The lowest BCUT2D eigenvalue weighted by Crippen LogP contribution is -2.29. The number of rotatable bonds is 8. The number of hydrogen-bond donors (Lipinski definition) is 2. The van der Waals surface area contributed by atoms with E-state index in [1.54, 1.807) is 6.07 Å². The number of benzene rings is 2. The maximum absolute atomic E-state index is 12.2. The Morgan fingerprint density at radius 2 is 1.40 bits per heavy atom. The second-order valence-corrected chi connectivity index (χ2v) is 6.56. The molecule has 11 heteroatoms. The van der Waals surface area contributed by atoms with Crippen molar-refractivity contribution in [1.29, 1.82) is 0 Å². The van der Waals surface area contributed by atoms with Crippen molar-refractivity contribution in [3.05, 3.63) is 68.8 Å². The third kappa shape index (κ3) is 4.49. The highest BCUT2D eigenvalue weighted by Crippen LogP contribution is 2.23. The van der Waals surface area contributed by atoms with E-state index in [1.807, 2.05) is 0 Å². The summed E-state index contributed by atoms with van der Waals surface area (Å²) in [5, 5.41) is 24.6. The summed E-state index contributed by atoms with van der Waals surface area (Å²) >= 11 is 0. The van der Waals surface area contributed by atoms with Crippen LogP contribution in [-0.2, 0) is 10.0 Å². The minimum atomic E-state index is -4.08. The van der Waals surface area contributed by atoms with Crippen LogP contribution in [0.15, 0.2) is 53.4 Å². The van der Waals surface area contributed by atoms with E-state index < -0.39 is 30.5 Å². The zero-order valence-electron chi connectivity index (χ0n) is 12.8. The van der Waals surface area contributed by atoms with Crippen LogP contribution in [0.5, 0.6) is 0 Å². The second kappa shape index (κ2) is 7.68. The summed E-state index contributed by atoms with van der Waals surface area (Å²) in [5.41, 5.74) is -0.414. The van der Waals surface area contributed by atoms with Crippen molar-refractivity contribution in [2.24, 2.45) is 0 Å². The summed E-state index contributed by atoms with van der Waals surface area (Å²) in [6.45, 7) is -0.0505. The molecule has 0 bridgehead atoms. The molecule has 132 valence electrons. The Labute approximate surface area is 142 Å². The highest BCUT2D eigenvalue weighted by atomic mass is 32.2. The Kier molecular flexibility index (Phi) is 5.62. The van der Waals surface area contributed by atoms with Crippen LogP contribution < -0.4 is 10.0 Å². The molecule has 0 saturated heterocycles. The summed E-state index contributed by atoms with van der Waals surface area (Å²) in [4.78, 5) is 20.0. The zero-order valence-corrected chi connectivity index (χ0v) is 13.6. The lowest BCUT2D eigenvalue weighted by atomic mass is 10.2. The van der Waals surface area contributed by atoms with Gasteiger partial charge >= 0.3 is 0 Å². The van der Waals surface area contributed by atoms with Crippen molar-refractivity contribution >= 4 is 27.1 Å². The molecule has 2 aromatic carbocycles. The molecule has 0 atom stereocenters. The number of nitro groups is 2. The zero-order chi connectivity index (χ0) is 18.4. The van der Waals surface area contributed by atoms with Gasteiger partial charge in [-0.1, -0.05) is 24.3 Å². The molecule has 0 aliphatic rings. The van der Waals surface area contributed by atoms with E-state index in [2.05, 4.69) is 10.0 Å². The molecule has 0 aliphatic heterocycles. The van der Waals surface area contributed by atoms with Crippen molar-refractivity contribution in [2.75, 3.05) is 18.4 Å². The summed E-state index contributed by atoms with van der Waals surface area (Å²) in [5.74, 6) is 0. The minimum Gasteiger partial charge on any atom is -0.378 e. The molecule has 0 aliphatic carbocycles. The van der Waals surface area contributed by atoms with Crippen LogP contribution in [0.2, 0.25) is 0 Å². The lowest BCUT2D eigenvalue weighted by molar-refractivity contribution is -0.387. The minimum absolute atomic E-state index is 0.0602. The first-order valence-electron chi connectivity index (χ1n) is 7.03. The van der Waals surface area contributed by atoms with Crippen molar-refractivity contribution < 1.29 is 18.3 Å². The topological polar surface area (TPSA) is 144 Å². The highest BCUT2D eigenvalue weighted by Gasteiger charge is 2.24. The van der Waals surface area contributed by atoms with E-state index in [0.29, 0.717) is 0 Å². The third-order valence-corrected chi connectivity index (χ3v) is 4.69. The quantitative estimate of drug-likeness (QED) is 0.412. The first-order chi connectivity index (χ1) is 11.8. The fraction of sp³-hybridized carbons (Fsp3) is 0.143. The van der Waals surface area contributed by atoms with Gasteiger partial charge in [0.25, 0.3) is 11.4 Å². The Balaban J connectivity index is 2.03. The number of nitrogens with zero attached hydrogens (tertiary/aromatic N) is 2. The summed E-state index contributed by atoms with van der Waals surface area (Å²) in [6.07, 6.45) is 0. The smallest absolute Gasteiger partial charge is 0.292 e. The molecule has 2 rings (SSSR count). The predicted molar refractivity (Wildman–Crippen MR) is 89.9 cm³/mol. The Morgan fingerprint density at radius 1 is 0.840 bits per heavy atom. The van der Waals surface area contributed by atoms with Gasteiger partial charge in [-0.25, -0.2) is 13.1 Å². The van der Waals surface area contributed by atoms with Crippen LogP contribution in [0.25, 0.3) is 0 Å². The average Bonchev–Trinajstić information content (AvgIpc) is 2.59. The highest BCUT2D eigenvalue weighted by molar-refractivity contribution is 7.89. The Bertz CT molecular complexity index is 900. The first kappa shape index (κ1) is 18.3. The van der Waals surface area contributed by atoms with Gasteiger partial charge < -0.3 is 5.32 Å². The summed E-state index contributed by atoms with van der Waals surface area (Å²) < 4.78 is 26.6. The van der Waals surface area contributed by atoms with E-state index in [0.717, 1.165) is 12.1 Å². The Morgan fingerprint density at radius 3 is 2.04 bits per heavy atom. The maximum atomic E-state index is 12.2. The van der Waals surface area contributed by atoms with Crippen molar-refractivity contribution in [1.82, 2.24) is 4.72 Å². The first-order valence-corrected chi connectivity index (χ1v) is 8.51. The molecule has 25 heavy (non-hydrogen) atoms. The van der Waals surface area contributed by atoms with Crippen molar-refractivity contribution in [3.63, 3.8) is 0 Å². The van der Waals surface area contributed by atoms with Gasteiger partial charge in [-0.2, -0.15) is 0 Å². The predicted octanol–water partition coefficient (Wildman–Crippen LogP) is 1.89. The number of nitrogens with one attached hydrogen (secondary N) is 2. The molecule has 0 spiro atoms. The monoisotopic (exact) mass is 366 g/mol. The van der Waals surface area contributed by atoms with Gasteiger partial charge in [0.05, 0.1) is 9.85 Å². The molecule has 0 saturated carbocycles. The van der Waals surface area contributed by atoms with Gasteiger partial charge in [-0.15, -0.1) is 0 Å². The van der Waals surface area contributed by atoms with Gasteiger partial charge in [0.15, 0.2) is 4.90 Å². The number of anilines is 1. The molecule has 0 unspecified atom stereocenters. The number of sulfonamides is 1. The van der Waals surface area contributed by atoms with Crippen LogP contribution >= 0.6 is 0 Å². The van der Waals surface area contributed by atoms with Gasteiger partial charge in [-0.05, 0) is 12.1 Å². The van der Waals surface area contributed by atoms with Crippen LogP contribution in [0.1, 0.15) is 0 Å². The average molecular weight is 366 g/mol. The molecule has 0 amide bonds. The standard InChI is InChI=1S/C14H14N4O6S/c19-17(20)12-6-2-1-5-11(12)15-9-10-16-25(23,24)14-8-4-3-7-13(14)18(21)22/h1-8,15-16H,9-10H2.